The van der Waals surface area contributed by atoms with Crippen molar-refractivity contribution in [2.75, 3.05) is 12.3 Å². The fourth-order valence-electron chi connectivity index (χ4n) is 4.89. The molecule has 6 aromatic rings. The standard InChI is InChI=1S/2C19H18P.Fe/c2*1-3-11-18(12-4-1)20(19-13-5-2-6-14-19)16-15-17-9-7-8-10-17;/h2*1-14H,15-16H2;/q2*-1;+2. The number of rotatable bonds is 10. The van der Waals surface area contributed by atoms with Crippen LogP contribution in [0.3, 0.4) is 0 Å². The fourth-order valence-corrected chi connectivity index (χ4v) is 9.61. The molecule has 0 heterocycles. The zero-order valence-corrected chi connectivity index (χ0v) is 26.1. The van der Waals surface area contributed by atoms with Crippen LogP contribution >= 0.6 is 15.8 Å². The molecular formula is C38H36FeP2. The first kappa shape index (κ1) is 30.9. The smallest absolute Gasteiger partial charge is 0.213 e. The molecule has 0 saturated carbocycles. The van der Waals surface area contributed by atoms with Crippen molar-refractivity contribution >= 4 is 37.1 Å². The van der Waals surface area contributed by atoms with E-state index in [1.807, 2.05) is 0 Å². The minimum absolute atomic E-state index is 0. The molecule has 0 bridgehead atoms. The van der Waals surface area contributed by atoms with Gasteiger partial charge in [0.2, 0.25) is 0 Å². The molecule has 3 heteroatoms. The maximum Gasteiger partial charge on any atom is 2.00 e. The van der Waals surface area contributed by atoms with E-state index in [9.17, 15) is 0 Å². The molecule has 41 heavy (non-hydrogen) atoms. The molecule has 0 aliphatic rings. The van der Waals surface area contributed by atoms with E-state index in [0.717, 1.165) is 12.8 Å². The molecule has 0 spiro atoms. The summed E-state index contributed by atoms with van der Waals surface area (Å²) in [6.45, 7) is 0. The Hall–Kier alpha value is -3.04. The predicted molar refractivity (Wildman–Crippen MR) is 179 cm³/mol. The van der Waals surface area contributed by atoms with Gasteiger partial charge in [-0.3, -0.25) is 0 Å². The van der Waals surface area contributed by atoms with Crippen LogP contribution in [0.15, 0.2) is 170 Å². The van der Waals surface area contributed by atoms with E-state index in [2.05, 4.69) is 170 Å². The summed E-state index contributed by atoms with van der Waals surface area (Å²) in [7, 11) is -0.511. The molecular weight excluding hydrogens is 574 g/mol. The van der Waals surface area contributed by atoms with Crippen LogP contribution in [0.5, 0.6) is 0 Å². The van der Waals surface area contributed by atoms with E-state index in [1.54, 1.807) is 0 Å². The first-order chi connectivity index (χ1) is 19.9. The average molecular weight is 610 g/mol. The van der Waals surface area contributed by atoms with E-state index in [1.165, 1.54) is 44.7 Å². The largest absolute Gasteiger partial charge is 2.00 e. The first-order valence-electron chi connectivity index (χ1n) is 14.0. The first-order valence-corrected chi connectivity index (χ1v) is 17.1. The van der Waals surface area contributed by atoms with E-state index in [4.69, 9.17) is 0 Å². The second-order valence-corrected chi connectivity index (χ2v) is 14.4. The molecule has 0 N–H and O–H groups in total. The molecule has 206 valence electrons. The molecule has 0 aromatic heterocycles. The Kier molecular flexibility index (Phi) is 12.8. The molecule has 0 aliphatic carbocycles. The summed E-state index contributed by atoms with van der Waals surface area (Å²) in [6, 6.07) is 61.1. The minimum atomic E-state index is -0.256. The Bertz CT molecular complexity index is 1270. The monoisotopic (exact) mass is 610 g/mol. The Morgan fingerprint density at radius 1 is 0.366 bits per heavy atom. The topological polar surface area (TPSA) is 0 Å². The molecule has 0 saturated heterocycles. The summed E-state index contributed by atoms with van der Waals surface area (Å²) in [5.74, 6) is 0. The second-order valence-electron chi connectivity index (χ2n) is 9.73. The summed E-state index contributed by atoms with van der Waals surface area (Å²) in [5, 5.41) is 5.89. The van der Waals surface area contributed by atoms with Crippen molar-refractivity contribution in [3.63, 3.8) is 0 Å². The Morgan fingerprint density at radius 2 is 0.659 bits per heavy atom. The maximum absolute atomic E-state index is 2.27. The van der Waals surface area contributed by atoms with E-state index >= 15 is 0 Å². The van der Waals surface area contributed by atoms with Gasteiger partial charge in [-0.05, 0) is 62.2 Å². The van der Waals surface area contributed by atoms with Crippen molar-refractivity contribution in [1.29, 1.82) is 0 Å². The fraction of sp³-hybridized carbons (Fsp3) is 0.105. The number of benzene rings is 4. The van der Waals surface area contributed by atoms with Gasteiger partial charge in [0.15, 0.2) is 0 Å². The third-order valence-electron chi connectivity index (χ3n) is 6.98. The Balaban J connectivity index is 0.000000184. The van der Waals surface area contributed by atoms with Crippen LogP contribution in [0.25, 0.3) is 0 Å². The summed E-state index contributed by atoms with van der Waals surface area (Å²) >= 11 is 0. The van der Waals surface area contributed by atoms with Crippen molar-refractivity contribution in [2.24, 2.45) is 0 Å². The van der Waals surface area contributed by atoms with E-state index < -0.39 is 0 Å². The van der Waals surface area contributed by atoms with Gasteiger partial charge in [-0.25, -0.2) is 24.3 Å². The molecule has 0 amide bonds. The van der Waals surface area contributed by atoms with Crippen LogP contribution in [-0.2, 0) is 29.9 Å². The van der Waals surface area contributed by atoms with Gasteiger partial charge < -0.3 is 0 Å². The van der Waals surface area contributed by atoms with Crippen LogP contribution in [0.2, 0.25) is 0 Å². The molecule has 0 nitrogen and oxygen atoms in total. The number of hydrogen-bond acceptors (Lipinski definition) is 0. The number of hydrogen-bond donors (Lipinski definition) is 0. The zero-order valence-electron chi connectivity index (χ0n) is 23.2. The maximum atomic E-state index is 2.27. The molecule has 0 unspecified atom stereocenters. The summed E-state index contributed by atoms with van der Waals surface area (Å²) in [5.41, 5.74) is 2.90. The quantitative estimate of drug-likeness (QED) is 0.0835. The van der Waals surface area contributed by atoms with Crippen molar-refractivity contribution < 1.29 is 17.1 Å². The van der Waals surface area contributed by atoms with Crippen molar-refractivity contribution in [3.05, 3.63) is 181 Å². The van der Waals surface area contributed by atoms with Crippen LogP contribution in [0, 0.1) is 0 Å². The molecule has 0 fully saturated rings. The van der Waals surface area contributed by atoms with Gasteiger partial charge in [0, 0.05) is 0 Å². The second kappa shape index (κ2) is 17.0. The van der Waals surface area contributed by atoms with Crippen LogP contribution in [0.1, 0.15) is 11.1 Å². The summed E-state index contributed by atoms with van der Waals surface area (Å²) in [4.78, 5) is 0. The molecule has 6 rings (SSSR count). The third kappa shape index (κ3) is 9.50. The SMILES string of the molecule is [Fe+2].c1ccc(P(CCc2ccc[cH-]2)c2ccccc2)cc1.c1ccc(P(CCc2ccc[cH-]2)c2ccccc2)cc1. The summed E-state index contributed by atoms with van der Waals surface area (Å²) < 4.78 is 0. The van der Waals surface area contributed by atoms with Gasteiger partial charge in [-0.1, -0.05) is 121 Å². The Labute approximate surface area is 259 Å². The van der Waals surface area contributed by atoms with Gasteiger partial charge in [0.1, 0.15) is 0 Å². The summed E-state index contributed by atoms with van der Waals surface area (Å²) in [6.07, 6.45) is 4.74. The van der Waals surface area contributed by atoms with Crippen LogP contribution in [-0.4, -0.2) is 12.3 Å². The van der Waals surface area contributed by atoms with Crippen molar-refractivity contribution in [2.45, 2.75) is 12.8 Å². The molecule has 0 aliphatic heterocycles. The van der Waals surface area contributed by atoms with Gasteiger partial charge in [0.25, 0.3) is 0 Å². The van der Waals surface area contributed by atoms with E-state index in [0.29, 0.717) is 0 Å². The van der Waals surface area contributed by atoms with Gasteiger partial charge >= 0.3 is 17.1 Å². The van der Waals surface area contributed by atoms with Gasteiger partial charge in [-0.15, -0.1) is 0 Å². The number of aryl methyl sites for hydroxylation is 2. The average Bonchev–Trinajstić information content (AvgIpc) is 3.75. The normalized spacial score (nSPS) is 10.6. The van der Waals surface area contributed by atoms with Crippen molar-refractivity contribution in [3.8, 4) is 0 Å². The third-order valence-corrected chi connectivity index (χ3v) is 12.0. The zero-order chi connectivity index (χ0) is 27.2. The van der Waals surface area contributed by atoms with Gasteiger partial charge in [-0.2, -0.15) is 35.4 Å². The minimum Gasteiger partial charge on any atom is -0.213 e. The van der Waals surface area contributed by atoms with Crippen molar-refractivity contribution in [1.82, 2.24) is 0 Å². The molecule has 0 radical (unpaired) electrons. The van der Waals surface area contributed by atoms with E-state index in [-0.39, 0.29) is 32.9 Å². The van der Waals surface area contributed by atoms with Crippen LogP contribution < -0.4 is 21.2 Å². The predicted octanol–water partition coefficient (Wildman–Crippen LogP) is 8.16. The van der Waals surface area contributed by atoms with Crippen LogP contribution in [0.4, 0.5) is 0 Å². The molecule has 0 atom stereocenters. The Morgan fingerprint density at radius 3 is 0.902 bits per heavy atom. The van der Waals surface area contributed by atoms with Gasteiger partial charge in [0.05, 0.1) is 0 Å². The molecule has 6 aromatic carbocycles.